The number of amides is 2. The zero-order valence-corrected chi connectivity index (χ0v) is 14.6. The number of nitrogens with zero attached hydrogens (tertiary/aromatic N) is 1. The van der Waals surface area contributed by atoms with Gasteiger partial charge in [-0.1, -0.05) is 59.8 Å². The number of hydrogen-bond acceptors (Lipinski definition) is 4. The van der Waals surface area contributed by atoms with E-state index in [1.165, 1.54) is 6.07 Å². The fraction of sp³-hybridized carbons (Fsp3) is 0. The molecule has 4 nitrogen and oxygen atoms in total. The third-order valence-corrected chi connectivity index (χ3v) is 4.73. The zero-order valence-electron chi connectivity index (χ0n) is 12.2. The molecular weight excluding hydrogens is 364 g/mol. The van der Waals surface area contributed by atoms with E-state index in [4.69, 9.17) is 23.8 Å². The SMILES string of the molecule is O=C(NN1C(=O)/C(=C\c2ccccc2)SC1=S)c1cccc(Cl)c1. The molecule has 1 N–H and O–H groups in total. The van der Waals surface area contributed by atoms with Crippen LogP contribution in [0.15, 0.2) is 59.5 Å². The quantitative estimate of drug-likeness (QED) is 0.654. The number of benzene rings is 2. The molecule has 120 valence electrons. The Kier molecular flexibility index (Phi) is 4.99. The molecule has 0 bridgehead atoms. The van der Waals surface area contributed by atoms with Crippen molar-refractivity contribution in [3.8, 4) is 0 Å². The van der Waals surface area contributed by atoms with Crippen molar-refractivity contribution in [1.82, 2.24) is 10.4 Å². The highest BCUT2D eigenvalue weighted by Gasteiger charge is 2.33. The Morgan fingerprint density at radius 1 is 1.17 bits per heavy atom. The second kappa shape index (κ2) is 7.17. The summed E-state index contributed by atoms with van der Waals surface area (Å²) in [6, 6.07) is 15.9. The van der Waals surface area contributed by atoms with Crippen LogP contribution in [-0.4, -0.2) is 21.1 Å². The third-order valence-electron chi connectivity index (χ3n) is 3.19. The highest BCUT2D eigenvalue weighted by Crippen LogP contribution is 2.31. The van der Waals surface area contributed by atoms with E-state index in [0.717, 1.165) is 22.3 Å². The summed E-state index contributed by atoms with van der Waals surface area (Å²) in [5, 5.41) is 1.52. The average Bonchev–Trinajstić information content (AvgIpc) is 2.83. The molecule has 1 aliphatic heterocycles. The molecule has 0 spiro atoms. The number of thioether (sulfide) groups is 1. The van der Waals surface area contributed by atoms with E-state index in [2.05, 4.69) is 5.43 Å². The summed E-state index contributed by atoms with van der Waals surface area (Å²) < 4.78 is 0.276. The minimum Gasteiger partial charge on any atom is -0.267 e. The van der Waals surface area contributed by atoms with Gasteiger partial charge in [-0.25, -0.2) is 0 Å². The summed E-state index contributed by atoms with van der Waals surface area (Å²) >= 11 is 12.2. The summed E-state index contributed by atoms with van der Waals surface area (Å²) in [4.78, 5) is 25.2. The number of hydrogen-bond donors (Lipinski definition) is 1. The molecule has 2 aromatic carbocycles. The molecule has 7 heteroatoms. The summed E-state index contributed by atoms with van der Waals surface area (Å²) in [5.41, 5.74) is 3.76. The highest BCUT2D eigenvalue weighted by atomic mass is 35.5. The van der Waals surface area contributed by atoms with Crippen molar-refractivity contribution in [1.29, 1.82) is 0 Å². The number of carbonyl (C=O) groups is 2. The van der Waals surface area contributed by atoms with Gasteiger partial charge in [0.2, 0.25) is 0 Å². The topological polar surface area (TPSA) is 49.4 Å². The number of rotatable bonds is 3. The van der Waals surface area contributed by atoms with E-state index in [1.54, 1.807) is 24.3 Å². The molecule has 0 aliphatic carbocycles. The number of nitrogens with one attached hydrogen (secondary N) is 1. The van der Waals surface area contributed by atoms with Crippen molar-refractivity contribution in [2.45, 2.75) is 0 Å². The molecule has 1 heterocycles. The predicted octanol–water partition coefficient (Wildman–Crippen LogP) is 3.89. The van der Waals surface area contributed by atoms with Gasteiger partial charge in [0.1, 0.15) is 0 Å². The molecule has 1 fully saturated rings. The Morgan fingerprint density at radius 2 is 1.92 bits per heavy atom. The third kappa shape index (κ3) is 3.67. The van der Waals surface area contributed by atoms with Crippen LogP contribution in [0, 0.1) is 0 Å². The lowest BCUT2D eigenvalue weighted by atomic mass is 10.2. The molecular formula is C17H11ClN2O2S2. The molecule has 0 aromatic heterocycles. The molecule has 0 radical (unpaired) electrons. The van der Waals surface area contributed by atoms with Crippen LogP contribution in [0.3, 0.4) is 0 Å². The first-order chi connectivity index (χ1) is 11.5. The number of halogens is 1. The molecule has 1 aliphatic rings. The molecule has 0 unspecified atom stereocenters. The fourth-order valence-corrected chi connectivity index (χ4v) is 3.43. The lowest BCUT2D eigenvalue weighted by Crippen LogP contribution is -2.44. The van der Waals surface area contributed by atoms with E-state index in [9.17, 15) is 9.59 Å². The van der Waals surface area contributed by atoms with Crippen LogP contribution in [0.25, 0.3) is 6.08 Å². The summed E-state index contributed by atoms with van der Waals surface area (Å²) in [7, 11) is 0. The Morgan fingerprint density at radius 3 is 2.62 bits per heavy atom. The lowest BCUT2D eigenvalue weighted by Gasteiger charge is -2.15. The van der Waals surface area contributed by atoms with Crippen molar-refractivity contribution in [3.05, 3.63) is 75.7 Å². The first-order valence-corrected chi connectivity index (χ1v) is 8.54. The van der Waals surface area contributed by atoms with E-state index < -0.39 is 5.91 Å². The van der Waals surface area contributed by atoms with Crippen LogP contribution < -0.4 is 5.43 Å². The van der Waals surface area contributed by atoms with Gasteiger partial charge in [-0.05, 0) is 42.1 Å². The van der Waals surface area contributed by atoms with Crippen molar-refractivity contribution in [3.63, 3.8) is 0 Å². The van der Waals surface area contributed by atoms with Crippen LogP contribution in [0.1, 0.15) is 15.9 Å². The fourth-order valence-electron chi connectivity index (χ4n) is 2.06. The van der Waals surface area contributed by atoms with Gasteiger partial charge in [0.05, 0.1) is 4.91 Å². The van der Waals surface area contributed by atoms with Gasteiger partial charge in [0, 0.05) is 10.6 Å². The van der Waals surface area contributed by atoms with E-state index in [-0.39, 0.29) is 10.2 Å². The van der Waals surface area contributed by atoms with Gasteiger partial charge in [0.25, 0.3) is 11.8 Å². The number of thiocarbonyl (C=S) groups is 1. The minimum atomic E-state index is -0.449. The van der Waals surface area contributed by atoms with Crippen LogP contribution in [0.5, 0.6) is 0 Å². The second-order valence-electron chi connectivity index (χ2n) is 4.88. The molecule has 2 aromatic rings. The van der Waals surface area contributed by atoms with Crippen LogP contribution >= 0.6 is 35.6 Å². The van der Waals surface area contributed by atoms with Gasteiger partial charge < -0.3 is 0 Å². The maximum atomic E-state index is 12.5. The minimum absolute atomic E-state index is 0.276. The van der Waals surface area contributed by atoms with Gasteiger partial charge in [-0.15, -0.1) is 0 Å². The van der Waals surface area contributed by atoms with Gasteiger partial charge in [0.15, 0.2) is 4.32 Å². The smallest absolute Gasteiger partial charge is 0.267 e. The first-order valence-electron chi connectivity index (χ1n) is 6.94. The molecule has 1 saturated heterocycles. The van der Waals surface area contributed by atoms with Gasteiger partial charge in [-0.3, -0.25) is 15.0 Å². The lowest BCUT2D eigenvalue weighted by molar-refractivity contribution is -0.123. The predicted molar refractivity (Wildman–Crippen MR) is 100 cm³/mol. The van der Waals surface area contributed by atoms with Crippen molar-refractivity contribution >= 4 is 57.8 Å². The Hall–Kier alpha value is -2.15. The van der Waals surface area contributed by atoms with Gasteiger partial charge in [-0.2, -0.15) is 5.01 Å². The largest absolute Gasteiger partial charge is 0.285 e. The summed E-state index contributed by atoms with van der Waals surface area (Å²) in [6.45, 7) is 0. The Balaban J connectivity index is 1.77. The first kappa shape index (κ1) is 16.7. The average molecular weight is 375 g/mol. The van der Waals surface area contributed by atoms with Gasteiger partial charge >= 0.3 is 0 Å². The summed E-state index contributed by atoms with van der Waals surface area (Å²) in [6.07, 6.45) is 1.74. The van der Waals surface area contributed by atoms with Crippen LogP contribution in [-0.2, 0) is 4.79 Å². The monoisotopic (exact) mass is 374 g/mol. The number of carbonyl (C=O) groups excluding carboxylic acids is 2. The molecule has 0 atom stereocenters. The summed E-state index contributed by atoms with van der Waals surface area (Å²) in [5.74, 6) is -0.806. The maximum absolute atomic E-state index is 12.5. The van der Waals surface area contributed by atoms with E-state index in [1.807, 2.05) is 30.3 Å². The standard InChI is InChI=1S/C17H11ClN2O2S2/c18-13-8-4-7-12(10-13)15(21)19-20-16(22)14(24-17(20)23)9-11-5-2-1-3-6-11/h1-10H,(H,19,21)/b14-9+. The molecule has 0 saturated carbocycles. The Labute approximate surface area is 153 Å². The van der Waals surface area contributed by atoms with E-state index in [0.29, 0.717) is 15.5 Å². The van der Waals surface area contributed by atoms with Crippen molar-refractivity contribution < 1.29 is 9.59 Å². The second-order valence-corrected chi connectivity index (χ2v) is 6.99. The zero-order chi connectivity index (χ0) is 17.1. The molecule has 3 rings (SSSR count). The van der Waals surface area contributed by atoms with Crippen molar-refractivity contribution in [2.75, 3.05) is 0 Å². The van der Waals surface area contributed by atoms with E-state index >= 15 is 0 Å². The highest BCUT2D eigenvalue weighted by molar-refractivity contribution is 8.26. The maximum Gasteiger partial charge on any atom is 0.285 e. The Bertz CT molecular complexity index is 853. The normalized spacial score (nSPS) is 15.9. The molecule has 24 heavy (non-hydrogen) atoms. The van der Waals surface area contributed by atoms with Crippen LogP contribution in [0.4, 0.5) is 0 Å². The number of hydrazine groups is 1. The van der Waals surface area contributed by atoms with Crippen molar-refractivity contribution in [2.24, 2.45) is 0 Å². The van der Waals surface area contributed by atoms with Crippen LogP contribution in [0.2, 0.25) is 5.02 Å². The molecule has 2 amide bonds.